The molecule has 0 saturated carbocycles. The SMILES string of the molecule is COc1cc(C(=O)N2CCN(Cc3cncn3Cc3ccc(C#N)cc3)CC2)c2ccccc2n1.Cl.Cl.Cl. The number of nitrogens with zero attached hydrogens (tertiary/aromatic N) is 6. The number of ether oxygens (including phenoxy) is 1. The number of hydrogen-bond donors (Lipinski definition) is 0. The van der Waals surface area contributed by atoms with E-state index in [0.29, 0.717) is 36.6 Å². The highest BCUT2D eigenvalue weighted by molar-refractivity contribution is 6.06. The van der Waals surface area contributed by atoms with Crippen molar-refractivity contribution in [1.82, 2.24) is 24.3 Å². The fourth-order valence-corrected chi connectivity index (χ4v) is 4.44. The van der Waals surface area contributed by atoms with Crippen molar-refractivity contribution in [2.45, 2.75) is 13.1 Å². The molecule has 0 bridgehead atoms. The molecule has 200 valence electrons. The van der Waals surface area contributed by atoms with E-state index in [1.165, 1.54) is 0 Å². The molecule has 3 heterocycles. The average molecular weight is 576 g/mol. The van der Waals surface area contributed by atoms with Crippen LogP contribution in [0.1, 0.15) is 27.2 Å². The second-order valence-electron chi connectivity index (χ2n) is 8.62. The molecule has 1 amide bonds. The van der Waals surface area contributed by atoms with E-state index in [2.05, 4.69) is 25.5 Å². The van der Waals surface area contributed by atoms with Gasteiger partial charge in [-0.15, -0.1) is 37.2 Å². The Labute approximate surface area is 240 Å². The Morgan fingerprint density at radius 3 is 2.39 bits per heavy atom. The monoisotopic (exact) mass is 574 g/mol. The number of benzene rings is 2. The number of halogens is 3. The van der Waals surface area contributed by atoms with Crippen LogP contribution in [-0.4, -0.2) is 63.5 Å². The number of pyridine rings is 1. The van der Waals surface area contributed by atoms with Crippen LogP contribution in [0, 0.1) is 11.3 Å². The van der Waals surface area contributed by atoms with Crippen LogP contribution in [0.4, 0.5) is 0 Å². The minimum absolute atomic E-state index is 0. The Morgan fingerprint density at radius 1 is 1.00 bits per heavy atom. The summed E-state index contributed by atoms with van der Waals surface area (Å²) in [5, 5.41) is 9.84. The number of hydrogen-bond acceptors (Lipinski definition) is 6. The molecule has 11 heteroatoms. The number of rotatable bonds is 6. The maximum atomic E-state index is 13.4. The lowest BCUT2D eigenvalue weighted by atomic mass is 10.1. The standard InChI is InChI=1S/C27H26N6O2.3ClH/c1-35-26-14-24(23-4-2-3-5-25(23)30-26)27(34)32-12-10-31(11-13-32)18-22-16-29-19-33(22)17-21-8-6-20(15-28)7-9-21;;;/h2-9,14,16,19H,10-13,17-18H2,1H3;3*1H. The predicted octanol–water partition coefficient (Wildman–Crippen LogP) is 4.58. The van der Waals surface area contributed by atoms with Gasteiger partial charge in [-0.05, 0) is 23.8 Å². The van der Waals surface area contributed by atoms with Crippen molar-refractivity contribution in [1.29, 1.82) is 5.26 Å². The molecule has 38 heavy (non-hydrogen) atoms. The van der Waals surface area contributed by atoms with Crippen LogP contribution in [0.2, 0.25) is 0 Å². The van der Waals surface area contributed by atoms with Gasteiger partial charge in [0.1, 0.15) is 0 Å². The minimum Gasteiger partial charge on any atom is -0.481 e. The first-order valence-corrected chi connectivity index (χ1v) is 11.6. The fraction of sp³-hybridized carbons (Fsp3) is 0.259. The highest BCUT2D eigenvalue weighted by atomic mass is 35.5. The summed E-state index contributed by atoms with van der Waals surface area (Å²) in [5.74, 6) is 0.452. The Kier molecular flexibility index (Phi) is 11.4. The third-order valence-electron chi connectivity index (χ3n) is 6.41. The Hall–Kier alpha value is -3.35. The smallest absolute Gasteiger partial charge is 0.254 e. The molecular formula is C27H29Cl3N6O2. The van der Waals surface area contributed by atoms with Crippen LogP contribution in [0.15, 0.2) is 67.1 Å². The van der Waals surface area contributed by atoms with Crippen LogP contribution in [-0.2, 0) is 13.1 Å². The van der Waals surface area contributed by atoms with E-state index in [9.17, 15) is 4.79 Å². The van der Waals surface area contributed by atoms with E-state index in [1.54, 1.807) is 13.2 Å². The van der Waals surface area contributed by atoms with Gasteiger partial charge in [-0.25, -0.2) is 9.97 Å². The number of methoxy groups -OCH3 is 1. The number of imidazole rings is 1. The summed E-state index contributed by atoms with van der Waals surface area (Å²) >= 11 is 0. The van der Waals surface area contributed by atoms with Crippen LogP contribution in [0.5, 0.6) is 5.88 Å². The van der Waals surface area contributed by atoms with Crippen molar-refractivity contribution in [3.63, 3.8) is 0 Å². The zero-order valence-electron chi connectivity index (χ0n) is 20.8. The first-order valence-electron chi connectivity index (χ1n) is 11.6. The summed E-state index contributed by atoms with van der Waals surface area (Å²) < 4.78 is 7.46. The van der Waals surface area contributed by atoms with E-state index < -0.39 is 0 Å². The molecule has 1 saturated heterocycles. The summed E-state index contributed by atoms with van der Waals surface area (Å²) in [6.45, 7) is 4.35. The maximum absolute atomic E-state index is 13.4. The highest BCUT2D eigenvalue weighted by Crippen LogP contribution is 2.24. The van der Waals surface area contributed by atoms with E-state index in [1.807, 2.05) is 66.0 Å². The van der Waals surface area contributed by atoms with Gasteiger partial charge in [-0.2, -0.15) is 5.26 Å². The molecule has 4 aromatic rings. The highest BCUT2D eigenvalue weighted by Gasteiger charge is 2.25. The third-order valence-corrected chi connectivity index (χ3v) is 6.41. The molecule has 0 aliphatic carbocycles. The predicted molar refractivity (Wildman–Crippen MR) is 154 cm³/mol. The first kappa shape index (κ1) is 30.9. The van der Waals surface area contributed by atoms with Crippen molar-refractivity contribution in [2.75, 3.05) is 33.3 Å². The quantitative estimate of drug-likeness (QED) is 0.334. The van der Waals surface area contributed by atoms with Gasteiger partial charge in [0, 0.05) is 56.9 Å². The molecule has 0 N–H and O–H groups in total. The van der Waals surface area contributed by atoms with Crippen molar-refractivity contribution >= 4 is 54.0 Å². The maximum Gasteiger partial charge on any atom is 0.254 e. The molecule has 2 aromatic carbocycles. The largest absolute Gasteiger partial charge is 0.481 e. The van der Waals surface area contributed by atoms with Crippen LogP contribution in [0.3, 0.4) is 0 Å². The second-order valence-corrected chi connectivity index (χ2v) is 8.62. The second kappa shape index (κ2) is 14.0. The minimum atomic E-state index is 0. The molecule has 0 spiro atoms. The number of para-hydroxylation sites is 1. The molecule has 1 aliphatic heterocycles. The number of piperazine rings is 1. The van der Waals surface area contributed by atoms with Crippen molar-refractivity contribution in [3.05, 3.63) is 89.5 Å². The average Bonchev–Trinajstić information content (AvgIpc) is 3.34. The van der Waals surface area contributed by atoms with Gasteiger partial charge in [0.05, 0.1) is 41.8 Å². The van der Waals surface area contributed by atoms with Gasteiger partial charge in [0.25, 0.3) is 5.91 Å². The lowest BCUT2D eigenvalue weighted by molar-refractivity contribution is 0.0627. The molecule has 2 aromatic heterocycles. The van der Waals surface area contributed by atoms with E-state index in [4.69, 9.17) is 10.00 Å². The van der Waals surface area contributed by atoms with Gasteiger partial charge < -0.3 is 14.2 Å². The Balaban J connectivity index is 0.00000169. The van der Waals surface area contributed by atoms with Crippen molar-refractivity contribution in [3.8, 4) is 11.9 Å². The van der Waals surface area contributed by atoms with Crippen LogP contribution >= 0.6 is 37.2 Å². The summed E-state index contributed by atoms with van der Waals surface area (Å²) in [6, 6.07) is 19.2. The Morgan fingerprint density at radius 2 is 1.71 bits per heavy atom. The topological polar surface area (TPSA) is 87.3 Å². The first-order chi connectivity index (χ1) is 17.1. The van der Waals surface area contributed by atoms with E-state index in [-0.39, 0.29) is 43.1 Å². The number of nitriles is 1. The molecule has 8 nitrogen and oxygen atoms in total. The van der Waals surface area contributed by atoms with Gasteiger partial charge in [0.2, 0.25) is 5.88 Å². The van der Waals surface area contributed by atoms with Gasteiger partial charge in [0.15, 0.2) is 0 Å². The Bertz CT molecular complexity index is 1400. The summed E-state index contributed by atoms with van der Waals surface area (Å²) in [7, 11) is 1.57. The normalized spacial score (nSPS) is 13.0. The number of amides is 1. The van der Waals surface area contributed by atoms with E-state index in [0.717, 1.165) is 41.8 Å². The summed E-state index contributed by atoms with van der Waals surface area (Å²) in [5.41, 5.74) is 4.29. The fourth-order valence-electron chi connectivity index (χ4n) is 4.44. The van der Waals surface area contributed by atoms with Crippen molar-refractivity contribution in [2.24, 2.45) is 0 Å². The van der Waals surface area contributed by atoms with E-state index >= 15 is 0 Å². The number of carbonyl (C=O) groups is 1. The molecule has 1 fully saturated rings. The molecule has 0 unspecified atom stereocenters. The van der Waals surface area contributed by atoms with Crippen molar-refractivity contribution < 1.29 is 9.53 Å². The zero-order valence-corrected chi connectivity index (χ0v) is 23.3. The van der Waals surface area contributed by atoms with Crippen LogP contribution in [0.25, 0.3) is 10.9 Å². The lowest BCUT2D eigenvalue weighted by Crippen LogP contribution is -2.48. The zero-order chi connectivity index (χ0) is 24.2. The molecule has 0 radical (unpaired) electrons. The number of fused-ring (bicyclic) bond motifs is 1. The van der Waals surface area contributed by atoms with Gasteiger partial charge in [-0.3, -0.25) is 9.69 Å². The third kappa shape index (κ3) is 6.74. The molecular weight excluding hydrogens is 547 g/mol. The summed E-state index contributed by atoms with van der Waals surface area (Å²) in [6.07, 6.45) is 3.74. The number of aromatic nitrogens is 3. The molecule has 5 rings (SSSR count). The number of carbonyl (C=O) groups excluding carboxylic acids is 1. The molecule has 1 aliphatic rings. The molecule has 0 atom stereocenters. The van der Waals surface area contributed by atoms with Crippen LogP contribution < -0.4 is 4.74 Å². The van der Waals surface area contributed by atoms with Gasteiger partial charge in [-0.1, -0.05) is 30.3 Å². The summed E-state index contributed by atoms with van der Waals surface area (Å²) in [4.78, 5) is 26.5. The van der Waals surface area contributed by atoms with Gasteiger partial charge >= 0.3 is 0 Å². The lowest BCUT2D eigenvalue weighted by Gasteiger charge is -2.35.